The third-order valence-electron chi connectivity index (χ3n) is 2.06. The highest BCUT2D eigenvalue weighted by atomic mass is 127. The van der Waals surface area contributed by atoms with Crippen molar-refractivity contribution in [2.45, 2.75) is 5.88 Å². The molecule has 1 nitrogen and oxygen atoms in total. The highest BCUT2D eigenvalue weighted by Gasteiger charge is 2.07. The molecule has 2 rings (SSSR count). The molecule has 1 aromatic heterocycles. The van der Waals surface area contributed by atoms with Crippen LogP contribution in [0.25, 0.3) is 10.1 Å². The van der Waals surface area contributed by atoms with E-state index in [2.05, 4.69) is 28.0 Å². The molecular formula is C10H6ClIOS. The molecule has 0 unspecified atom stereocenters. The molecule has 2 aromatic rings. The maximum atomic E-state index is 10.8. The summed E-state index contributed by atoms with van der Waals surface area (Å²) in [4.78, 5) is 10.8. The topological polar surface area (TPSA) is 17.1 Å². The van der Waals surface area contributed by atoms with Gasteiger partial charge in [0.25, 0.3) is 0 Å². The van der Waals surface area contributed by atoms with Gasteiger partial charge in [0.15, 0.2) is 0 Å². The van der Waals surface area contributed by atoms with Crippen molar-refractivity contribution in [3.63, 3.8) is 0 Å². The molecule has 4 heteroatoms. The van der Waals surface area contributed by atoms with Gasteiger partial charge in [-0.3, -0.25) is 4.79 Å². The van der Waals surface area contributed by atoms with Crippen molar-refractivity contribution in [1.29, 1.82) is 0 Å². The van der Waals surface area contributed by atoms with Crippen LogP contribution in [0.4, 0.5) is 0 Å². The highest BCUT2D eigenvalue weighted by Crippen LogP contribution is 2.30. The van der Waals surface area contributed by atoms with Crippen molar-refractivity contribution in [2.24, 2.45) is 0 Å². The van der Waals surface area contributed by atoms with Crippen molar-refractivity contribution < 1.29 is 4.79 Å². The summed E-state index contributed by atoms with van der Waals surface area (Å²) in [6, 6.07) is 3.91. The fraction of sp³-hybridized carbons (Fsp3) is 0.100. The second-order valence-corrected chi connectivity index (χ2v) is 5.22. The molecular weight excluding hydrogens is 331 g/mol. The van der Waals surface area contributed by atoms with E-state index in [9.17, 15) is 4.79 Å². The fourth-order valence-electron chi connectivity index (χ4n) is 1.33. The molecule has 0 atom stereocenters. The first-order valence-corrected chi connectivity index (χ1v) is 6.46. The van der Waals surface area contributed by atoms with Crippen molar-refractivity contribution in [1.82, 2.24) is 0 Å². The first-order chi connectivity index (χ1) is 6.76. The summed E-state index contributed by atoms with van der Waals surface area (Å²) in [6.07, 6.45) is 0.865. The quantitative estimate of drug-likeness (QED) is 0.459. The molecule has 0 bridgehead atoms. The van der Waals surface area contributed by atoms with Gasteiger partial charge in [-0.25, -0.2) is 0 Å². The average molecular weight is 337 g/mol. The zero-order valence-electron chi connectivity index (χ0n) is 7.09. The number of halogens is 2. The Labute approximate surface area is 104 Å². The molecule has 1 heterocycles. The number of alkyl halides is 1. The van der Waals surface area contributed by atoms with Crippen molar-refractivity contribution in [3.05, 3.63) is 32.2 Å². The Balaban J connectivity index is 2.77. The van der Waals surface area contributed by atoms with Gasteiger partial charge in [-0.1, -0.05) is 0 Å². The molecule has 0 aliphatic carbocycles. The van der Waals surface area contributed by atoms with Crippen molar-refractivity contribution >= 4 is 61.9 Å². The molecule has 0 radical (unpaired) electrons. The largest absolute Gasteiger partial charge is 0.298 e. The Morgan fingerprint density at radius 2 is 2.29 bits per heavy atom. The predicted molar refractivity (Wildman–Crippen MR) is 69.5 cm³/mol. The van der Waals surface area contributed by atoms with Crippen molar-refractivity contribution in [2.75, 3.05) is 0 Å². The number of hydrogen-bond donors (Lipinski definition) is 0. The maximum absolute atomic E-state index is 10.8. The molecule has 0 aliphatic rings. The van der Waals surface area contributed by atoms with Crippen LogP contribution in [-0.4, -0.2) is 6.29 Å². The standard InChI is InChI=1S/C10H6ClIOS/c11-3-6-1-8-9(12)5-14-10(8)2-7(6)4-13/h1-2,4-5H,3H2. The lowest BCUT2D eigenvalue weighted by atomic mass is 10.1. The van der Waals surface area contributed by atoms with Gasteiger partial charge in [-0.2, -0.15) is 0 Å². The zero-order valence-corrected chi connectivity index (χ0v) is 10.8. The number of hydrogen-bond acceptors (Lipinski definition) is 2. The number of carbonyl (C=O) groups excluding carboxylic acids is 1. The molecule has 0 N–H and O–H groups in total. The Morgan fingerprint density at radius 1 is 1.50 bits per heavy atom. The third-order valence-corrected chi connectivity index (χ3v) is 4.61. The van der Waals surface area contributed by atoms with E-state index in [0.29, 0.717) is 11.4 Å². The van der Waals surface area contributed by atoms with Gasteiger partial charge in [0.2, 0.25) is 0 Å². The van der Waals surface area contributed by atoms with Gasteiger partial charge >= 0.3 is 0 Å². The van der Waals surface area contributed by atoms with Gasteiger partial charge in [-0.05, 0) is 40.3 Å². The maximum Gasteiger partial charge on any atom is 0.150 e. The lowest BCUT2D eigenvalue weighted by molar-refractivity contribution is 0.112. The van der Waals surface area contributed by atoms with Crippen LogP contribution in [0.2, 0.25) is 0 Å². The first kappa shape index (κ1) is 10.4. The molecule has 0 fully saturated rings. The summed E-state index contributed by atoms with van der Waals surface area (Å²) < 4.78 is 2.36. The van der Waals surface area contributed by atoms with Crippen LogP contribution in [0.15, 0.2) is 17.5 Å². The minimum atomic E-state index is 0.385. The Hall–Kier alpha value is -0.130. The molecule has 72 valence electrons. The minimum absolute atomic E-state index is 0.385. The molecule has 0 aliphatic heterocycles. The number of carbonyl (C=O) groups is 1. The molecule has 0 saturated carbocycles. The number of rotatable bonds is 2. The Bertz CT molecular complexity index is 492. The highest BCUT2D eigenvalue weighted by molar-refractivity contribution is 14.1. The number of benzene rings is 1. The van der Waals surface area contributed by atoms with E-state index in [4.69, 9.17) is 11.6 Å². The predicted octanol–water partition coefficient (Wildman–Crippen LogP) is 4.06. The van der Waals surface area contributed by atoms with Crippen LogP contribution < -0.4 is 0 Å². The van der Waals surface area contributed by atoms with E-state index < -0.39 is 0 Å². The summed E-state index contributed by atoms with van der Waals surface area (Å²) >= 11 is 9.71. The van der Waals surface area contributed by atoms with Gasteiger partial charge in [-0.15, -0.1) is 22.9 Å². The molecule has 14 heavy (non-hydrogen) atoms. The van der Waals surface area contributed by atoms with E-state index in [1.807, 2.05) is 12.1 Å². The van der Waals surface area contributed by atoms with E-state index >= 15 is 0 Å². The summed E-state index contributed by atoms with van der Waals surface area (Å²) in [7, 11) is 0. The van der Waals surface area contributed by atoms with E-state index in [1.165, 1.54) is 8.96 Å². The summed E-state index contributed by atoms with van der Waals surface area (Å²) in [5.74, 6) is 0.385. The number of fused-ring (bicyclic) bond motifs is 1. The number of aldehydes is 1. The van der Waals surface area contributed by atoms with Crippen LogP contribution in [0.1, 0.15) is 15.9 Å². The van der Waals surface area contributed by atoms with Crippen LogP contribution in [0, 0.1) is 3.57 Å². The third kappa shape index (κ3) is 1.68. The first-order valence-electron chi connectivity index (χ1n) is 3.97. The van der Waals surface area contributed by atoms with E-state index in [-0.39, 0.29) is 0 Å². The zero-order chi connectivity index (χ0) is 10.1. The van der Waals surface area contributed by atoms with Crippen LogP contribution in [-0.2, 0) is 5.88 Å². The number of thiophene rings is 1. The molecule has 0 amide bonds. The van der Waals surface area contributed by atoms with Gasteiger partial charge in [0.1, 0.15) is 6.29 Å². The Morgan fingerprint density at radius 3 is 2.93 bits per heavy atom. The summed E-state index contributed by atoms with van der Waals surface area (Å²) in [6.45, 7) is 0. The van der Waals surface area contributed by atoms with Gasteiger partial charge in [0, 0.05) is 30.5 Å². The smallest absolute Gasteiger partial charge is 0.150 e. The van der Waals surface area contributed by atoms with Gasteiger partial charge < -0.3 is 0 Å². The molecule has 1 aromatic carbocycles. The molecule has 0 spiro atoms. The summed E-state index contributed by atoms with van der Waals surface area (Å²) in [5, 5.41) is 3.27. The van der Waals surface area contributed by atoms with Crippen LogP contribution in [0.3, 0.4) is 0 Å². The van der Waals surface area contributed by atoms with Crippen molar-refractivity contribution in [3.8, 4) is 0 Å². The normalized spacial score (nSPS) is 10.7. The second-order valence-electron chi connectivity index (χ2n) is 2.88. The van der Waals surface area contributed by atoms with Gasteiger partial charge in [0.05, 0.1) is 0 Å². The Kier molecular flexibility index (Phi) is 3.09. The average Bonchev–Trinajstić information content (AvgIpc) is 2.58. The van der Waals surface area contributed by atoms with Crippen LogP contribution >= 0.6 is 45.5 Å². The lowest BCUT2D eigenvalue weighted by Crippen LogP contribution is -1.88. The van der Waals surface area contributed by atoms with E-state index in [0.717, 1.165) is 16.5 Å². The lowest BCUT2D eigenvalue weighted by Gasteiger charge is -2.00. The monoisotopic (exact) mass is 336 g/mol. The SMILES string of the molecule is O=Cc1cc2scc(I)c2cc1CCl. The second kappa shape index (κ2) is 4.16. The molecule has 0 saturated heterocycles. The fourth-order valence-corrected chi connectivity index (χ4v) is 3.42. The van der Waals surface area contributed by atoms with Crippen LogP contribution in [0.5, 0.6) is 0 Å². The summed E-state index contributed by atoms with van der Waals surface area (Å²) in [5.41, 5.74) is 1.61. The van der Waals surface area contributed by atoms with E-state index in [1.54, 1.807) is 11.3 Å². The minimum Gasteiger partial charge on any atom is -0.298 e.